The van der Waals surface area contributed by atoms with Crippen molar-refractivity contribution in [3.63, 3.8) is 0 Å². The molecule has 1 atom stereocenters. The first-order chi connectivity index (χ1) is 18.0. The van der Waals surface area contributed by atoms with Crippen molar-refractivity contribution in [1.82, 2.24) is 29.7 Å². The van der Waals surface area contributed by atoms with E-state index in [4.69, 9.17) is 24.2 Å². The van der Waals surface area contributed by atoms with E-state index in [0.29, 0.717) is 29.9 Å². The van der Waals surface area contributed by atoms with Gasteiger partial charge in [0.25, 0.3) is 0 Å². The first-order valence-corrected chi connectivity index (χ1v) is 14.2. The van der Waals surface area contributed by atoms with Gasteiger partial charge in [0.2, 0.25) is 11.6 Å². The van der Waals surface area contributed by atoms with Crippen LogP contribution in [-0.2, 0) is 16.9 Å². The van der Waals surface area contributed by atoms with Gasteiger partial charge in [-0.3, -0.25) is 9.51 Å². The first kappa shape index (κ1) is 24.6. The molecule has 10 heteroatoms. The molecule has 3 aromatic heterocycles. The molecule has 0 saturated heterocycles. The van der Waals surface area contributed by atoms with E-state index in [1.807, 2.05) is 0 Å². The first-order valence-electron chi connectivity index (χ1n) is 14.2. The van der Waals surface area contributed by atoms with E-state index in [1.165, 1.54) is 44.9 Å². The summed E-state index contributed by atoms with van der Waals surface area (Å²) in [6.45, 7) is 8.18. The zero-order valence-corrected chi connectivity index (χ0v) is 22.3. The molecular weight excluding hydrogens is 470 g/mol. The predicted octanol–water partition coefficient (Wildman–Crippen LogP) is 5.01. The second-order valence-corrected chi connectivity index (χ2v) is 11.6. The molecule has 2 N–H and O–H groups in total. The van der Waals surface area contributed by atoms with E-state index in [9.17, 15) is 4.79 Å². The Morgan fingerprint density at radius 1 is 1.14 bits per heavy atom. The monoisotopic (exact) mass is 509 g/mol. The fraction of sp³-hybridized carbons (Fsp3) is 0.741. The topological polar surface area (TPSA) is 124 Å². The predicted molar refractivity (Wildman–Crippen MR) is 140 cm³/mol. The summed E-state index contributed by atoms with van der Waals surface area (Å²) in [6.07, 6.45) is 11.8. The third-order valence-electron chi connectivity index (χ3n) is 9.04. The molecule has 3 heterocycles. The SMILES string of the molecule is CCOC1(c2nc3nc(-c4noc(=O)[nH]4)nc(N[C@H](C)C4CCC4)c3n2C[C@H]2CC[C@H](C)CC2)CCC1. The van der Waals surface area contributed by atoms with Crippen molar-refractivity contribution >= 4 is 17.0 Å². The number of nitrogens with one attached hydrogen (secondary N) is 2. The Morgan fingerprint density at radius 2 is 1.92 bits per heavy atom. The van der Waals surface area contributed by atoms with Gasteiger partial charge in [0.05, 0.1) is 0 Å². The second-order valence-electron chi connectivity index (χ2n) is 11.6. The van der Waals surface area contributed by atoms with E-state index in [0.717, 1.165) is 48.9 Å². The Hall–Kier alpha value is -2.75. The Balaban J connectivity index is 1.50. The molecule has 0 amide bonds. The average Bonchev–Trinajstić information content (AvgIpc) is 3.40. The molecule has 10 nitrogen and oxygen atoms in total. The van der Waals surface area contributed by atoms with Crippen molar-refractivity contribution < 1.29 is 9.26 Å². The Labute approximate surface area is 217 Å². The zero-order chi connectivity index (χ0) is 25.6. The molecular formula is C27H39N7O3. The van der Waals surface area contributed by atoms with Gasteiger partial charge < -0.3 is 14.6 Å². The fourth-order valence-electron chi connectivity index (χ4n) is 6.34. The highest BCUT2D eigenvalue weighted by Crippen LogP contribution is 2.46. The Kier molecular flexibility index (Phi) is 6.54. The molecule has 3 aliphatic rings. The quantitative estimate of drug-likeness (QED) is 0.412. The smallest absolute Gasteiger partial charge is 0.367 e. The highest BCUT2D eigenvalue weighted by molar-refractivity contribution is 5.86. The lowest BCUT2D eigenvalue weighted by molar-refractivity contribution is -0.109. The molecule has 3 aromatic rings. The van der Waals surface area contributed by atoms with Crippen LogP contribution >= 0.6 is 0 Å². The molecule has 0 aliphatic heterocycles. The number of rotatable bonds is 9. The molecule has 0 bridgehead atoms. The normalized spacial score (nSPS) is 24.5. The van der Waals surface area contributed by atoms with E-state index >= 15 is 0 Å². The van der Waals surface area contributed by atoms with Crippen LogP contribution in [0.2, 0.25) is 0 Å². The maximum Gasteiger partial charge on any atom is 0.439 e. The highest BCUT2D eigenvalue weighted by Gasteiger charge is 2.45. The summed E-state index contributed by atoms with van der Waals surface area (Å²) in [7, 11) is 0. The van der Waals surface area contributed by atoms with Crippen LogP contribution in [0.25, 0.3) is 22.8 Å². The Morgan fingerprint density at radius 3 is 2.51 bits per heavy atom. The van der Waals surface area contributed by atoms with Crippen LogP contribution in [0.5, 0.6) is 0 Å². The fourth-order valence-corrected chi connectivity index (χ4v) is 6.34. The minimum absolute atomic E-state index is 0.215. The van der Waals surface area contributed by atoms with Gasteiger partial charge in [-0.2, -0.15) is 0 Å². The van der Waals surface area contributed by atoms with Crippen LogP contribution in [0.15, 0.2) is 9.32 Å². The molecule has 3 saturated carbocycles. The average molecular weight is 510 g/mol. The van der Waals surface area contributed by atoms with E-state index < -0.39 is 5.76 Å². The van der Waals surface area contributed by atoms with Crippen molar-refractivity contribution in [2.75, 3.05) is 11.9 Å². The summed E-state index contributed by atoms with van der Waals surface area (Å²) in [5.74, 6) is 3.62. The number of ether oxygens (including phenoxy) is 1. The number of hydrogen-bond donors (Lipinski definition) is 2. The molecule has 3 fully saturated rings. The maximum atomic E-state index is 11.7. The zero-order valence-electron chi connectivity index (χ0n) is 22.3. The number of aromatic amines is 1. The van der Waals surface area contributed by atoms with Crippen molar-refractivity contribution in [2.45, 2.75) is 103 Å². The lowest BCUT2D eigenvalue weighted by Crippen LogP contribution is -2.40. The summed E-state index contributed by atoms with van der Waals surface area (Å²) in [5.41, 5.74) is 1.17. The minimum Gasteiger partial charge on any atom is -0.367 e. The van der Waals surface area contributed by atoms with Crippen LogP contribution in [0.4, 0.5) is 5.82 Å². The molecule has 0 aromatic carbocycles. The van der Waals surface area contributed by atoms with Gasteiger partial charge in [0, 0.05) is 19.2 Å². The third kappa shape index (κ3) is 4.57. The van der Waals surface area contributed by atoms with Gasteiger partial charge in [-0.1, -0.05) is 31.3 Å². The summed E-state index contributed by atoms with van der Waals surface area (Å²) in [4.78, 5) is 29.1. The molecule has 37 heavy (non-hydrogen) atoms. The second kappa shape index (κ2) is 9.85. The van der Waals surface area contributed by atoms with E-state index in [1.54, 1.807) is 0 Å². The molecule has 0 spiro atoms. The summed E-state index contributed by atoms with van der Waals surface area (Å²) in [5, 5.41) is 7.57. The molecule has 0 radical (unpaired) electrons. The number of H-pyrrole nitrogens is 1. The van der Waals surface area contributed by atoms with Gasteiger partial charge >= 0.3 is 5.76 Å². The van der Waals surface area contributed by atoms with Crippen LogP contribution in [-0.4, -0.2) is 42.3 Å². The van der Waals surface area contributed by atoms with Gasteiger partial charge in [-0.05, 0) is 76.5 Å². The summed E-state index contributed by atoms with van der Waals surface area (Å²) in [6, 6.07) is 0.267. The third-order valence-corrected chi connectivity index (χ3v) is 9.04. The number of anilines is 1. The van der Waals surface area contributed by atoms with E-state index in [-0.39, 0.29) is 17.5 Å². The van der Waals surface area contributed by atoms with Crippen molar-refractivity contribution in [3.8, 4) is 11.6 Å². The van der Waals surface area contributed by atoms with Crippen LogP contribution in [0, 0.1) is 17.8 Å². The van der Waals surface area contributed by atoms with Gasteiger partial charge in [0.1, 0.15) is 16.9 Å². The standard InChI is InChI=1S/C27H39N7O3/c1-4-36-27(13-6-14-27)25-31-22-20(34(25)15-18-11-9-16(2)10-12-18)21(28-17(3)19-7-5-8-19)29-23(30-22)24-32-26(35)37-33-24/h16-19H,4-15H2,1-3H3,(H,28,29,30)(H,32,33,35)/t16-,17-,18-/m1/s1. The number of aromatic nitrogens is 6. The largest absolute Gasteiger partial charge is 0.439 e. The number of imidazole rings is 1. The number of nitrogens with zero attached hydrogens (tertiary/aromatic N) is 5. The van der Waals surface area contributed by atoms with Crippen molar-refractivity contribution in [1.29, 1.82) is 0 Å². The minimum atomic E-state index is -0.626. The summed E-state index contributed by atoms with van der Waals surface area (Å²) < 4.78 is 13.5. The van der Waals surface area contributed by atoms with Crippen molar-refractivity contribution in [2.24, 2.45) is 17.8 Å². The highest BCUT2D eigenvalue weighted by atomic mass is 16.5. The Bertz CT molecular complexity index is 1300. The lowest BCUT2D eigenvalue weighted by atomic mass is 9.78. The maximum absolute atomic E-state index is 11.7. The van der Waals surface area contributed by atoms with E-state index in [2.05, 4.69) is 40.8 Å². The number of hydrogen-bond acceptors (Lipinski definition) is 8. The summed E-state index contributed by atoms with van der Waals surface area (Å²) >= 11 is 0. The van der Waals surface area contributed by atoms with Gasteiger partial charge in [-0.15, -0.1) is 0 Å². The number of fused-ring (bicyclic) bond motifs is 1. The van der Waals surface area contributed by atoms with Crippen LogP contribution < -0.4 is 11.1 Å². The van der Waals surface area contributed by atoms with Gasteiger partial charge in [0.15, 0.2) is 11.5 Å². The van der Waals surface area contributed by atoms with Crippen LogP contribution in [0.3, 0.4) is 0 Å². The van der Waals surface area contributed by atoms with Crippen molar-refractivity contribution in [3.05, 3.63) is 16.4 Å². The lowest BCUT2D eigenvalue weighted by Gasteiger charge is -2.41. The molecule has 6 rings (SSSR count). The molecule has 0 unspecified atom stereocenters. The molecule has 3 aliphatic carbocycles. The van der Waals surface area contributed by atoms with Crippen LogP contribution in [0.1, 0.15) is 90.8 Å². The molecule has 200 valence electrons. The van der Waals surface area contributed by atoms with Gasteiger partial charge in [-0.25, -0.2) is 19.7 Å².